The van der Waals surface area contributed by atoms with E-state index in [4.69, 9.17) is 4.74 Å². The molecule has 1 aliphatic rings. The summed E-state index contributed by atoms with van der Waals surface area (Å²) in [5.74, 6) is 1.37. The maximum Gasteiger partial charge on any atom is 0.137 e. The molecule has 1 heterocycles. The van der Waals surface area contributed by atoms with Crippen molar-refractivity contribution in [1.29, 1.82) is 0 Å². The highest BCUT2D eigenvalue weighted by Gasteiger charge is 2.22. The number of anilines is 2. The van der Waals surface area contributed by atoms with E-state index >= 15 is 0 Å². The van der Waals surface area contributed by atoms with E-state index in [2.05, 4.69) is 81.6 Å². The van der Waals surface area contributed by atoms with Crippen molar-refractivity contribution in [3.8, 4) is 11.5 Å². The molecule has 1 N–H and O–H groups in total. The van der Waals surface area contributed by atoms with Gasteiger partial charge in [0, 0.05) is 38.7 Å². The molecule has 6 rings (SSSR count). The Balaban J connectivity index is 1.51. The second kappa shape index (κ2) is 11.4. The standard InChI is InChI=1S/C37H33NO3S/c1-23-9-7-10-24(2)29(23)18-15-27-16-19-30-33(21-27)41-34-22-28(38-37-25(3)11-8-12-26(37)4)17-20-31(34)36(30)32-13-5-6-14-35(32)42(39)40/h5-17,19-22,38H,18H2,1-4H3,(H,39,40)/p-1/b27-15+. The van der Waals surface area contributed by atoms with Crippen LogP contribution in [0.3, 0.4) is 0 Å². The zero-order chi connectivity index (χ0) is 29.4. The third-order valence-electron chi connectivity index (χ3n) is 8.02. The SMILES string of the molecule is Cc1cccc(C)c1C/C=c1\ccc2c(c1)Oc1cc(Nc3c(C)cccc3C)ccc1C=2c1ccccc1S(=O)[O-]. The molecule has 5 aromatic carbocycles. The summed E-state index contributed by atoms with van der Waals surface area (Å²) in [5, 5.41) is 5.47. The highest BCUT2D eigenvalue weighted by molar-refractivity contribution is 7.79. The van der Waals surface area contributed by atoms with Gasteiger partial charge in [-0.15, -0.1) is 0 Å². The van der Waals surface area contributed by atoms with Crippen molar-refractivity contribution in [2.24, 2.45) is 0 Å². The fraction of sp³-hybridized carbons (Fsp3) is 0.135. The van der Waals surface area contributed by atoms with Gasteiger partial charge in [-0.2, -0.15) is 0 Å². The average molecular weight is 571 g/mol. The second-order valence-corrected chi connectivity index (χ2v) is 11.8. The molecule has 0 fully saturated rings. The van der Waals surface area contributed by atoms with E-state index in [0.717, 1.165) is 50.5 Å². The van der Waals surface area contributed by atoms with Crippen molar-refractivity contribution in [3.63, 3.8) is 0 Å². The molecular formula is C37H32NO3S-. The highest BCUT2D eigenvalue weighted by atomic mass is 32.2. The molecule has 0 amide bonds. The van der Waals surface area contributed by atoms with Gasteiger partial charge in [0.1, 0.15) is 11.5 Å². The number of ether oxygens (including phenoxy) is 1. The zero-order valence-electron chi connectivity index (χ0n) is 24.2. The molecule has 0 saturated heterocycles. The molecular weight excluding hydrogens is 538 g/mol. The van der Waals surface area contributed by atoms with Crippen LogP contribution in [0.15, 0.2) is 102 Å². The largest absolute Gasteiger partial charge is 0.768 e. The Kier molecular flexibility index (Phi) is 7.55. The minimum absolute atomic E-state index is 0.259. The average Bonchev–Trinajstić information content (AvgIpc) is 2.97. The molecule has 5 aromatic rings. The maximum absolute atomic E-state index is 12.3. The zero-order valence-corrected chi connectivity index (χ0v) is 25.0. The molecule has 0 aliphatic carbocycles. The number of para-hydroxylation sites is 1. The van der Waals surface area contributed by atoms with Gasteiger partial charge in [0.25, 0.3) is 0 Å². The maximum atomic E-state index is 12.3. The van der Waals surface area contributed by atoms with Crippen molar-refractivity contribution < 1.29 is 13.5 Å². The molecule has 210 valence electrons. The van der Waals surface area contributed by atoms with E-state index in [1.54, 1.807) is 12.1 Å². The summed E-state index contributed by atoms with van der Waals surface area (Å²) < 4.78 is 31.1. The molecule has 0 aromatic heterocycles. The van der Waals surface area contributed by atoms with Crippen molar-refractivity contribution in [2.75, 3.05) is 5.32 Å². The Bertz CT molecular complexity index is 1950. The minimum atomic E-state index is -2.40. The first kappa shape index (κ1) is 27.7. The van der Waals surface area contributed by atoms with E-state index in [-0.39, 0.29) is 4.90 Å². The van der Waals surface area contributed by atoms with Crippen LogP contribution in [0.25, 0.3) is 11.6 Å². The Morgan fingerprint density at radius 1 is 0.738 bits per heavy atom. The van der Waals surface area contributed by atoms with Gasteiger partial charge in [-0.25, -0.2) is 0 Å². The van der Waals surface area contributed by atoms with Crippen LogP contribution in [-0.2, 0) is 17.5 Å². The first-order valence-electron chi connectivity index (χ1n) is 14.0. The third-order valence-corrected chi connectivity index (χ3v) is 8.73. The normalized spacial score (nSPS) is 13.3. The quantitative estimate of drug-likeness (QED) is 0.214. The fourth-order valence-electron chi connectivity index (χ4n) is 5.77. The molecule has 0 saturated carbocycles. The van der Waals surface area contributed by atoms with Gasteiger partial charge in [0.2, 0.25) is 0 Å². The van der Waals surface area contributed by atoms with E-state index < -0.39 is 11.1 Å². The van der Waals surface area contributed by atoms with Gasteiger partial charge >= 0.3 is 0 Å². The van der Waals surface area contributed by atoms with Crippen molar-refractivity contribution >= 4 is 34.1 Å². The number of hydrogen-bond acceptors (Lipinski definition) is 4. The second-order valence-electron chi connectivity index (χ2n) is 10.8. The van der Waals surface area contributed by atoms with E-state index in [0.29, 0.717) is 17.1 Å². The van der Waals surface area contributed by atoms with Gasteiger partial charge < -0.3 is 14.6 Å². The highest BCUT2D eigenvalue weighted by Crippen LogP contribution is 2.39. The number of aryl methyl sites for hydroxylation is 4. The summed E-state index contributed by atoms with van der Waals surface area (Å²) in [4.78, 5) is 0.259. The predicted octanol–water partition coefficient (Wildman–Crippen LogP) is 7.28. The Labute approximate surface area is 249 Å². The Morgan fingerprint density at radius 2 is 1.43 bits per heavy atom. The van der Waals surface area contributed by atoms with E-state index in [1.807, 2.05) is 42.5 Å². The van der Waals surface area contributed by atoms with Crippen LogP contribution in [0.2, 0.25) is 0 Å². The molecule has 4 nitrogen and oxygen atoms in total. The number of hydrogen-bond donors (Lipinski definition) is 1. The summed E-state index contributed by atoms with van der Waals surface area (Å²) in [6.07, 6.45) is 3.03. The molecule has 0 bridgehead atoms. The molecule has 42 heavy (non-hydrogen) atoms. The van der Waals surface area contributed by atoms with Crippen LogP contribution < -0.4 is 20.5 Å². The lowest BCUT2D eigenvalue weighted by molar-refractivity contribution is 0.472. The van der Waals surface area contributed by atoms with Gasteiger partial charge in [0.05, 0.1) is 0 Å². The molecule has 0 spiro atoms. The van der Waals surface area contributed by atoms with Crippen molar-refractivity contribution in [2.45, 2.75) is 39.0 Å². The first-order valence-corrected chi connectivity index (χ1v) is 15.1. The number of nitrogens with one attached hydrogen (secondary N) is 1. The van der Waals surface area contributed by atoms with E-state index in [9.17, 15) is 8.76 Å². The smallest absolute Gasteiger partial charge is 0.137 e. The monoisotopic (exact) mass is 570 g/mol. The summed E-state index contributed by atoms with van der Waals surface area (Å²) in [5.41, 5.74) is 10.5. The minimum Gasteiger partial charge on any atom is -0.768 e. The number of benzene rings is 5. The summed E-state index contributed by atoms with van der Waals surface area (Å²) in [7, 11) is 0. The van der Waals surface area contributed by atoms with Crippen molar-refractivity contribution in [1.82, 2.24) is 0 Å². The summed E-state index contributed by atoms with van der Waals surface area (Å²) >= 11 is -2.40. The van der Waals surface area contributed by atoms with Gasteiger partial charge in [-0.3, -0.25) is 4.21 Å². The molecule has 1 atom stereocenters. The number of rotatable bonds is 6. The van der Waals surface area contributed by atoms with Crippen LogP contribution >= 0.6 is 0 Å². The predicted molar refractivity (Wildman–Crippen MR) is 171 cm³/mol. The molecule has 5 heteroatoms. The molecule has 0 radical (unpaired) electrons. The molecule has 1 aliphatic heterocycles. The fourth-order valence-corrected chi connectivity index (χ4v) is 6.31. The Hall–Kier alpha value is -4.45. The summed E-state index contributed by atoms with van der Waals surface area (Å²) in [6, 6.07) is 31.9. The van der Waals surface area contributed by atoms with Gasteiger partial charge in [-0.1, -0.05) is 66.7 Å². The first-order chi connectivity index (χ1) is 20.3. The number of fused-ring (bicyclic) bond motifs is 2. The topological polar surface area (TPSA) is 61.4 Å². The van der Waals surface area contributed by atoms with Gasteiger partial charge in [0.15, 0.2) is 0 Å². The van der Waals surface area contributed by atoms with Crippen LogP contribution in [0, 0.1) is 27.7 Å². The Morgan fingerprint density at radius 3 is 2.14 bits per heavy atom. The van der Waals surface area contributed by atoms with Crippen LogP contribution in [0.1, 0.15) is 38.9 Å². The third kappa shape index (κ3) is 5.29. The lowest BCUT2D eigenvalue weighted by Crippen LogP contribution is -2.20. The van der Waals surface area contributed by atoms with E-state index in [1.165, 1.54) is 16.7 Å². The molecule has 1 unspecified atom stereocenters. The van der Waals surface area contributed by atoms with Gasteiger partial charge in [-0.05, 0) is 114 Å². The van der Waals surface area contributed by atoms with Crippen LogP contribution in [0.4, 0.5) is 11.4 Å². The summed E-state index contributed by atoms with van der Waals surface area (Å²) in [6.45, 7) is 8.46. The lowest BCUT2D eigenvalue weighted by Gasteiger charge is -2.24. The van der Waals surface area contributed by atoms with Crippen LogP contribution in [0.5, 0.6) is 11.5 Å². The van der Waals surface area contributed by atoms with Crippen LogP contribution in [-0.4, -0.2) is 8.76 Å². The lowest BCUT2D eigenvalue weighted by atomic mass is 9.92. The van der Waals surface area contributed by atoms with Crippen molar-refractivity contribution in [3.05, 3.63) is 146 Å².